The van der Waals surface area contributed by atoms with Gasteiger partial charge >= 0.3 is 0 Å². The summed E-state index contributed by atoms with van der Waals surface area (Å²) in [5.41, 5.74) is 3.29. The summed E-state index contributed by atoms with van der Waals surface area (Å²) < 4.78 is 0. The number of likely N-dealkylation sites (N-methyl/N-ethyl adjacent to an activating group) is 1. The summed E-state index contributed by atoms with van der Waals surface area (Å²) in [6, 6.07) is 8.72. The molecule has 0 spiro atoms. The van der Waals surface area contributed by atoms with E-state index >= 15 is 0 Å². The van der Waals surface area contributed by atoms with Crippen LogP contribution in [0.1, 0.15) is 26.3 Å². The SMILES string of the molecule is CCc1ccc(-c2csc(NC(=O)CN(C)C(C)C)n2)cc1. The quantitative estimate of drug-likeness (QED) is 0.884. The number of carbonyl (C=O) groups excluding carboxylic acids is 1. The van der Waals surface area contributed by atoms with E-state index in [1.54, 1.807) is 0 Å². The van der Waals surface area contributed by atoms with Gasteiger partial charge in [-0.15, -0.1) is 11.3 Å². The van der Waals surface area contributed by atoms with Crippen LogP contribution in [0.15, 0.2) is 29.6 Å². The zero-order valence-corrected chi connectivity index (χ0v) is 14.4. The molecule has 5 heteroatoms. The molecule has 1 heterocycles. The molecule has 0 aliphatic rings. The van der Waals surface area contributed by atoms with Crippen molar-refractivity contribution in [1.82, 2.24) is 9.88 Å². The first kappa shape index (κ1) is 16.6. The summed E-state index contributed by atoms with van der Waals surface area (Å²) in [6.45, 7) is 6.64. The van der Waals surface area contributed by atoms with E-state index in [0.717, 1.165) is 17.7 Å². The van der Waals surface area contributed by atoms with Crippen LogP contribution in [0.25, 0.3) is 11.3 Å². The van der Waals surface area contributed by atoms with Gasteiger partial charge in [0, 0.05) is 17.0 Å². The lowest BCUT2D eigenvalue weighted by Gasteiger charge is -2.19. The number of aryl methyl sites for hydroxylation is 1. The van der Waals surface area contributed by atoms with Crippen LogP contribution in [-0.2, 0) is 11.2 Å². The molecule has 118 valence electrons. The number of hydrogen-bond acceptors (Lipinski definition) is 4. The molecular weight excluding hydrogens is 294 g/mol. The van der Waals surface area contributed by atoms with Gasteiger partial charge in [-0.2, -0.15) is 0 Å². The molecule has 1 amide bonds. The lowest BCUT2D eigenvalue weighted by molar-refractivity contribution is -0.117. The van der Waals surface area contributed by atoms with Crippen LogP contribution >= 0.6 is 11.3 Å². The highest BCUT2D eigenvalue weighted by Crippen LogP contribution is 2.25. The topological polar surface area (TPSA) is 45.2 Å². The standard InChI is InChI=1S/C17H23N3OS/c1-5-13-6-8-14(9-7-13)15-11-22-17(18-15)19-16(21)10-20(4)12(2)3/h6-9,11-12H,5,10H2,1-4H3,(H,18,19,21). The third-order valence-electron chi connectivity index (χ3n) is 3.68. The fourth-order valence-electron chi connectivity index (χ4n) is 1.94. The molecule has 1 aromatic carbocycles. The molecule has 0 aliphatic carbocycles. The van der Waals surface area contributed by atoms with Crippen molar-refractivity contribution in [3.05, 3.63) is 35.2 Å². The van der Waals surface area contributed by atoms with Gasteiger partial charge in [0.1, 0.15) is 0 Å². The fraction of sp³-hybridized carbons (Fsp3) is 0.412. The summed E-state index contributed by atoms with van der Waals surface area (Å²) in [5.74, 6) is -0.0292. The molecule has 0 bridgehead atoms. The van der Waals surface area contributed by atoms with Crippen LogP contribution in [0, 0.1) is 0 Å². The molecule has 0 aliphatic heterocycles. The highest BCUT2D eigenvalue weighted by Gasteiger charge is 2.12. The van der Waals surface area contributed by atoms with E-state index in [1.807, 2.05) is 17.3 Å². The van der Waals surface area contributed by atoms with E-state index in [1.165, 1.54) is 16.9 Å². The molecule has 0 radical (unpaired) electrons. The molecular formula is C17H23N3OS. The molecule has 0 fully saturated rings. The first-order valence-corrected chi connectivity index (χ1v) is 8.42. The second-order valence-corrected chi connectivity index (χ2v) is 6.50. The second kappa shape index (κ2) is 7.51. The maximum absolute atomic E-state index is 12.0. The largest absolute Gasteiger partial charge is 0.301 e. The van der Waals surface area contributed by atoms with Gasteiger partial charge in [-0.1, -0.05) is 31.2 Å². The van der Waals surface area contributed by atoms with Gasteiger partial charge < -0.3 is 5.32 Å². The molecule has 0 saturated heterocycles. The van der Waals surface area contributed by atoms with Crippen molar-refractivity contribution in [3.63, 3.8) is 0 Å². The molecule has 2 rings (SSSR count). The maximum atomic E-state index is 12.0. The Kier molecular flexibility index (Phi) is 5.69. The van der Waals surface area contributed by atoms with E-state index in [9.17, 15) is 4.79 Å². The predicted molar refractivity (Wildman–Crippen MR) is 93.3 cm³/mol. The summed E-state index contributed by atoms with van der Waals surface area (Å²) in [6.07, 6.45) is 1.03. The van der Waals surface area contributed by atoms with Crippen LogP contribution < -0.4 is 5.32 Å². The number of aromatic nitrogens is 1. The molecule has 2 aromatic rings. The Morgan fingerprint density at radius 2 is 2.00 bits per heavy atom. The number of amides is 1. The van der Waals surface area contributed by atoms with E-state index in [-0.39, 0.29) is 5.91 Å². The Morgan fingerprint density at radius 1 is 1.32 bits per heavy atom. The van der Waals surface area contributed by atoms with Gasteiger partial charge in [-0.25, -0.2) is 4.98 Å². The van der Waals surface area contributed by atoms with E-state index in [0.29, 0.717) is 17.7 Å². The summed E-state index contributed by atoms with van der Waals surface area (Å²) >= 11 is 1.46. The van der Waals surface area contributed by atoms with Crippen LogP contribution in [0.5, 0.6) is 0 Å². The van der Waals surface area contributed by atoms with Crippen LogP contribution in [-0.4, -0.2) is 35.4 Å². The van der Waals surface area contributed by atoms with Crippen molar-refractivity contribution in [2.75, 3.05) is 18.9 Å². The van der Waals surface area contributed by atoms with Crippen molar-refractivity contribution in [2.45, 2.75) is 33.2 Å². The second-order valence-electron chi connectivity index (χ2n) is 5.65. The Labute approximate surface area is 136 Å². The summed E-state index contributed by atoms with van der Waals surface area (Å²) in [5, 5.41) is 5.49. The molecule has 1 N–H and O–H groups in total. The number of benzene rings is 1. The zero-order chi connectivity index (χ0) is 16.1. The van der Waals surface area contributed by atoms with Gasteiger partial charge in [-0.05, 0) is 32.9 Å². The minimum atomic E-state index is -0.0292. The van der Waals surface area contributed by atoms with Gasteiger partial charge in [0.2, 0.25) is 5.91 Å². The van der Waals surface area contributed by atoms with Crippen LogP contribution in [0.2, 0.25) is 0 Å². The van der Waals surface area contributed by atoms with Gasteiger partial charge in [0.25, 0.3) is 0 Å². The summed E-state index contributed by atoms with van der Waals surface area (Å²) in [7, 11) is 1.94. The van der Waals surface area contributed by atoms with Crippen molar-refractivity contribution in [1.29, 1.82) is 0 Å². The molecule has 1 aromatic heterocycles. The number of hydrogen-bond donors (Lipinski definition) is 1. The van der Waals surface area contributed by atoms with E-state index in [4.69, 9.17) is 0 Å². The van der Waals surface area contributed by atoms with Gasteiger partial charge in [0.05, 0.1) is 12.2 Å². The molecule has 22 heavy (non-hydrogen) atoms. The number of anilines is 1. The average molecular weight is 317 g/mol. The third-order valence-corrected chi connectivity index (χ3v) is 4.44. The highest BCUT2D eigenvalue weighted by atomic mass is 32.1. The smallest absolute Gasteiger partial charge is 0.240 e. The highest BCUT2D eigenvalue weighted by molar-refractivity contribution is 7.14. The van der Waals surface area contributed by atoms with Crippen molar-refractivity contribution >= 4 is 22.4 Å². The number of nitrogens with one attached hydrogen (secondary N) is 1. The van der Waals surface area contributed by atoms with Crippen LogP contribution in [0.4, 0.5) is 5.13 Å². The Bertz CT molecular complexity index is 619. The first-order valence-electron chi connectivity index (χ1n) is 7.54. The lowest BCUT2D eigenvalue weighted by atomic mass is 10.1. The number of thiazole rings is 1. The maximum Gasteiger partial charge on any atom is 0.240 e. The van der Waals surface area contributed by atoms with Crippen molar-refractivity contribution in [2.24, 2.45) is 0 Å². The number of rotatable bonds is 6. The minimum Gasteiger partial charge on any atom is -0.301 e. The zero-order valence-electron chi connectivity index (χ0n) is 13.6. The Balaban J connectivity index is 2.00. The van der Waals surface area contributed by atoms with Crippen molar-refractivity contribution < 1.29 is 4.79 Å². The summed E-state index contributed by atoms with van der Waals surface area (Å²) in [4.78, 5) is 18.5. The van der Waals surface area contributed by atoms with E-state index < -0.39 is 0 Å². The lowest BCUT2D eigenvalue weighted by Crippen LogP contribution is -2.34. The Morgan fingerprint density at radius 3 is 2.59 bits per heavy atom. The average Bonchev–Trinajstić information content (AvgIpc) is 2.95. The molecule has 0 atom stereocenters. The van der Waals surface area contributed by atoms with E-state index in [2.05, 4.69) is 55.3 Å². The van der Waals surface area contributed by atoms with Crippen LogP contribution in [0.3, 0.4) is 0 Å². The third kappa shape index (κ3) is 4.39. The first-order chi connectivity index (χ1) is 10.5. The fourth-order valence-corrected chi connectivity index (χ4v) is 2.68. The monoisotopic (exact) mass is 317 g/mol. The number of carbonyl (C=O) groups is 1. The predicted octanol–water partition coefficient (Wildman–Crippen LogP) is 3.65. The Hall–Kier alpha value is -1.72. The molecule has 0 saturated carbocycles. The minimum absolute atomic E-state index is 0.0292. The normalized spacial score (nSPS) is 11.2. The van der Waals surface area contributed by atoms with Crippen molar-refractivity contribution in [3.8, 4) is 11.3 Å². The molecule has 4 nitrogen and oxygen atoms in total. The number of nitrogens with zero attached hydrogens (tertiary/aromatic N) is 2. The van der Waals surface area contributed by atoms with Gasteiger partial charge in [-0.3, -0.25) is 9.69 Å². The van der Waals surface area contributed by atoms with Gasteiger partial charge in [0.15, 0.2) is 5.13 Å². The molecule has 0 unspecified atom stereocenters.